The Labute approximate surface area is 210 Å². The molecule has 35 heavy (non-hydrogen) atoms. The van der Waals surface area contributed by atoms with Crippen molar-refractivity contribution < 1.29 is 18.0 Å². The highest BCUT2D eigenvalue weighted by molar-refractivity contribution is 6.42. The van der Waals surface area contributed by atoms with Gasteiger partial charge in [0.15, 0.2) is 0 Å². The number of aromatic nitrogens is 2. The summed E-state index contributed by atoms with van der Waals surface area (Å²) < 4.78 is 41.3. The van der Waals surface area contributed by atoms with Crippen LogP contribution in [0, 0.1) is 6.92 Å². The van der Waals surface area contributed by atoms with Gasteiger partial charge in [-0.15, -0.1) is 0 Å². The van der Waals surface area contributed by atoms with Crippen LogP contribution in [-0.2, 0) is 12.7 Å². The summed E-state index contributed by atoms with van der Waals surface area (Å²) in [7, 11) is 0. The second-order valence-electron chi connectivity index (χ2n) is 8.25. The van der Waals surface area contributed by atoms with Gasteiger partial charge in [0.05, 0.1) is 32.7 Å². The van der Waals surface area contributed by atoms with Crippen LogP contribution < -0.4 is 5.32 Å². The van der Waals surface area contributed by atoms with Gasteiger partial charge in [0.1, 0.15) is 5.82 Å². The highest BCUT2D eigenvalue weighted by Crippen LogP contribution is 2.31. The van der Waals surface area contributed by atoms with E-state index in [9.17, 15) is 18.0 Å². The van der Waals surface area contributed by atoms with Crippen molar-refractivity contribution in [3.8, 4) is 0 Å². The van der Waals surface area contributed by atoms with E-state index >= 15 is 0 Å². The lowest BCUT2D eigenvalue weighted by Crippen LogP contribution is -2.28. The molecule has 4 rings (SSSR count). The van der Waals surface area contributed by atoms with Gasteiger partial charge < -0.3 is 9.88 Å². The largest absolute Gasteiger partial charge is 0.416 e. The monoisotopic (exact) mass is 519 g/mol. The second kappa shape index (κ2) is 9.91. The molecule has 0 unspecified atom stereocenters. The lowest BCUT2D eigenvalue weighted by atomic mass is 10.0. The van der Waals surface area contributed by atoms with Gasteiger partial charge in [-0.25, -0.2) is 4.98 Å². The lowest BCUT2D eigenvalue weighted by molar-refractivity contribution is -0.137. The molecule has 0 aliphatic heterocycles. The van der Waals surface area contributed by atoms with Gasteiger partial charge in [0.25, 0.3) is 5.91 Å². The minimum atomic E-state index is -4.45. The molecule has 182 valence electrons. The minimum absolute atomic E-state index is 0.377. The molecule has 1 atom stereocenters. The third kappa shape index (κ3) is 5.46. The standard InChI is InChI=1S/C26H22Cl2F3N3O/c1-3-22(17-5-4-6-19(12-17)26(29,30)31)33-25(35)18-8-10-24-23(13-18)32-15(2)34(24)14-16-7-9-20(27)21(28)11-16/h4-13,22H,3,14H2,1-2H3,(H,33,35)/t22-/m1/s1. The number of aryl methyl sites for hydroxylation is 1. The summed E-state index contributed by atoms with van der Waals surface area (Å²) in [4.78, 5) is 17.6. The van der Waals surface area contributed by atoms with Crippen molar-refractivity contribution in [2.45, 2.75) is 39.0 Å². The van der Waals surface area contributed by atoms with Crippen LogP contribution in [-0.4, -0.2) is 15.5 Å². The van der Waals surface area contributed by atoms with Crippen LogP contribution in [0.5, 0.6) is 0 Å². The number of hydrogen-bond acceptors (Lipinski definition) is 2. The predicted octanol–water partition coefficient (Wildman–Crippen LogP) is 7.60. The summed E-state index contributed by atoms with van der Waals surface area (Å²) in [5.74, 6) is 0.381. The molecule has 0 fully saturated rings. The maximum Gasteiger partial charge on any atom is 0.416 e. The molecule has 0 radical (unpaired) electrons. The number of rotatable bonds is 6. The van der Waals surface area contributed by atoms with E-state index in [2.05, 4.69) is 10.3 Å². The summed E-state index contributed by atoms with van der Waals surface area (Å²) in [6.45, 7) is 4.21. The van der Waals surface area contributed by atoms with Crippen molar-refractivity contribution in [2.24, 2.45) is 0 Å². The van der Waals surface area contributed by atoms with E-state index in [0.29, 0.717) is 39.7 Å². The Bertz CT molecular complexity index is 1400. The molecule has 1 heterocycles. The molecule has 0 aliphatic rings. The molecule has 1 aromatic heterocycles. The molecular formula is C26H22Cl2F3N3O. The van der Waals surface area contributed by atoms with Crippen LogP contribution in [0.25, 0.3) is 11.0 Å². The Morgan fingerprint density at radius 3 is 2.51 bits per heavy atom. The van der Waals surface area contributed by atoms with E-state index in [1.807, 2.05) is 30.5 Å². The summed E-state index contributed by atoms with van der Waals surface area (Å²) >= 11 is 12.1. The zero-order chi connectivity index (χ0) is 25.3. The van der Waals surface area contributed by atoms with Crippen molar-refractivity contribution in [1.82, 2.24) is 14.9 Å². The highest BCUT2D eigenvalue weighted by atomic mass is 35.5. The van der Waals surface area contributed by atoms with Crippen LogP contribution >= 0.6 is 23.2 Å². The average Bonchev–Trinajstić information content (AvgIpc) is 3.13. The molecule has 0 spiro atoms. The zero-order valence-corrected chi connectivity index (χ0v) is 20.5. The molecule has 0 saturated carbocycles. The Balaban J connectivity index is 1.57. The first-order valence-corrected chi connectivity index (χ1v) is 11.7. The molecule has 4 aromatic rings. The van der Waals surface area contributed by atoms with Gasteiger partial charge in [0, 0.05) is 12.1 Å². The zero-order valence-electron chi connectivity index (χ0n) is 19.0. The van der Waals surface area contributed by atoms with Gasteiger partial charge in [-0.2, -0.15) is 13.2 Å². The third-order valence-electron chi connectivity index (χ3n) is 5.86. The van der Waals surface area contributed by atoms with E-state index in [0.717, 1.165) is 29.0 Å². The van der Waals surface area contributed by atoms with E-state index < -0.39 is 17.8 Å². The summed E-state index contributed by atoms with van der Waals surface area (Å²) in [6, 6.07) is 15.1. The molecule has 0 aliphatic carbocycles. The fraction of sp³-hybridized carbons (Fsp3) is 0.231. The van der Waals surface area contributed by atoms with Crippen LogP contribution in [0.15, 0.2) is 60.7 Å². The SMILES string of the molecule is CC[C@@H](NC(=O)c1ccc2c(c1)nc(C)n2Cc1ccc(Cl)c(Cl)c1)c1cccc(C(F)(F)F)c1. The Morgan fingerprint density at radius 2 is 1.83 bits per heavy atom. The smallest absolute Gasteiger partial charge is 0.345 e. The maximum absolute atomic E-state index is 13.1. The summed E-state index contributed by atoms with van der Waals surface area (Å²) in [6.07, 6.45) is -4.01. The number of fused-ring (bicyclic) bond motifs is 1. The Morgan fingerprint density at radius 1 is 1.06 bits per heavy atom. The molecular weight excluding hydrogens is 498 g/mol. The van der Waals surface area contributed by atoms with Crippen molar-refractivity contribution >= 4 is 40.1 Å². The van der Waals surface area contributed by atoms with Crippen molar-refractivity contribution in [3.05, 3.63) is 98.8 Å². The van der Waals surface area contributed by atoms with Gasteiger partial charge >= 0.3 is 6.18 Å². The first kappa shape index (κ1) is 25.1. The number of nitrogens with zero attached hydrogens (tertiary/aromatic N) is 2. The van der Waals surface area contributed by atoms with E-state index in [4.69, 9.17) is 23.2 Å². The van der Waals surface area contributed by atoms with Crippen LogP contribution in [0.4, 0.5) is 13.2 Å². The maximum atomic E-state index is 13.1. The predicted molar refractivity (Wildman–Crippen MR) is 132 cm³/mol. The number of hydrogen-bond donors (Lipinski definition) is 1. The number of alkyl halides is 3. The molecule has 3 aromatic carbocycles. The first-order valence-electron chi connectivity index (χ1n) is 11.0. The number of nitrogens with one attached hydrogen (secondary N) is 1. The Hall–Kier alpha value is -3.03. The number of benzene rings is 3. The number of halogens is 5. The van der Waals surface area contributed by atoms with E-state index in [1.165, 1.54) is 6.07 Å². The number of amides is 1. The molecule has 0 bridgehead atoms. The number of carbonyl (C=O) groups is 1. The average molecular weight is 520 g/mol. The molecule has 1 amide bonds. The molecule has 9 heteroatoms. The van der Waals surface area contributed by atoms with Gasteiger partial charge in [-0.05, 0) is 66.9 Å². The highest BCUT2D eigenvalue weighted by Gasteiger charge is 2.31. The third-order valence-corrected chi connectivity index (χ3v) is 6.59. The van der Waals surface area contributed by atoms with Crippen molar-refractivity contribution in [2.75, 3.05) is 0 Å². The molecule has 1 N–H and O–H groups in total. The van der Waals surface area contributed by atoms with Gasteiger partial charge in [0.2, 0.25) is 0 Å². The number of imidazole rings is 1. The Kier molecular flexibility index (Phi) is 7.10. The molecule has 0 saturated heterocycles. The fourth-order valence-corrected chi connectivity index (χ4v) is 4.33. The topological polar surface area (TPSA) is 46.9 Å². The van der Waals surface area contributed by atoms with Crippen molar-refractivity contribution in [3.63, 3.8) is 0 Å². The van der Waals surface area contributed by atoms with Crippen LogP contribution in [0.1, 0.15) is 52.3 Å². The van der Waals surface area contributed by atoms with E-state index in [1.54, 1.807) is 30.3 Å². The normalized spacial score (nSPS) is 12.7. The number of carbonyl (C=O) groups excluding carboxylic acids is 1. The molecule has 4 nitrogen and oxygen atoms in total. The van der Waals surface area contributed by atoms with Gasteiger partial charge in [-0.3, -0.25) is 4.79 Å². The summed E-state index contributed by atoms with van der Waals surface area (Å²) in [5.41, 5.74) is 2.47. The van der Waals surface area contributed by atoms with Crippen LogP contribution in [0.2, 0.25) is 10.0 Å². The van der Waals surface area contributed by atoms with E-state index in [-0.39, 0.29) is 5.91 Å². The van der Waals surface area contributed by atoms with Gasteiger partial charge in [-0.1, -0.05) is 48.3 Å². The lowest BCUT2D eigenvalue weighted by Gasteiger charge is -2.19. The van der Waals surface area contributed by atoms with Crippen molar-refractivity contribution in [1.29, 1.82) is 0 Å². The van der Waals surface area contributed by atoms with Crippen LogP contribution in [0.3, 0.4) is 0 Å². The quantitative estimate of drug-likeness (QED) is 0.285. The summed E-state index contributed by atoms with van der Waals surface area (Å²) in [5, 5.41) is 3.80. The second-order valence-corrected chi connectivity index (χ2v) is 9.07. The first-order chi connectivity index (χ1) is 16.6. The fourth-order valence-electron chi connectivity index (χ4n) is 4.01. The minimum Gasteiger partial charge on any atom is -0.345 e.